The molecule has 0 aliphatic rings. The maximum Gasteiger partial charge on any atom is 0.339 e. The van der Waals surface area contributed by atoms with Crippen LogP contribution in [0.3, 0.4) is 0 Å². The number of nitriles is 1. The first kappa shape index (κ1) is 17.8. The first-order valence-electron chi connectivity index (χ1n) is 7.13. The molecule has 0 amide bonds. The summed E-state index contributed by atoms with van der Waals surface area (Å²) in [4.78, 5) is 0.0310. The van der Waals surface area contributed by atoms with Gasteiger partial charge < -0.3 is 13.7 Å². The average Bonchev–Trinajstić information content (AvgIpc) is 2.57. The molecule has 0 radical (unpaired) electrons. The van der Waals surface area contributed by atoms with Crippen LogP contribution in [0.15, 0.2) is 47.4 Å². The molecule has 24 heavy (non-hydrogen) atoms. The average molecular weight is 347 g/mol. The highest BCUT2D eigenvalue weighted by Gasteiger charge is 2.18. The molecular weight excluding hydrogens is 330 g/mol. The highest BCUT2D eigenvalue weighted by Crippen LogP contribution is 2.24. The van der Waals surface area contributed by atoms with Crippen molar-refractivity contribution < 1.29 is 22.1 Å². The molecule has 0 N–H and O–H groups in total. The van der Waals surface area contributed by atoms with Gasteiger partial charge in [-0.05, 0) is 55.0 Å². The molecular formula is C17H17NO5S. The summed E-state index contributed by atoms with van der Waals surface area (Å²) in [6.07, 6.45) is 0. The van der Waals surface area contributed by atoms with Crippen LogP contribution in [0.4, 0.5) is 0 Å². The summed E-state index contributed by atoms with van der Waals surface area (Å²) < 4.78 is 40.1. The van der Waals surface area contributed by atoms with Crippen LogP contribution in [0.5, 0.6) is 11.5 Å². The lowest BCUT2D eigenvalue weighted by molar-refractivity contribution is 0.146. The van der Waals surface area contributed by atoms with Gasteiger partial charge in [-0.25, -0.2) is 0 Å². The fraction of sp³-hybridized carbons (Fsp3) is 0.235. The van der Waals surface area contributed by atoms with E-state index < -0.39 is 10.1 Å². The predicted octanol–water partition coefficient (Wildman–Crippen LogP) is 2.66. The van der Waals surface area contributed by atoms with Crippen molar-refractivity contribution in [3.8, 4) is 17.6 Å². The molecule has 0 saturated heterocycles. The molecule has 2 aromatic carbocycles. The lowest BCUT2D eigenvalue weighted by atomic mass is 10.2. The fourth-order valence-electron chi connectivity index (χ4n) is 1.93. The molecule has 6 nitrogen and oxygen atoms in total. The normalized spacial score (nSPS) is 10.9. The minimum Gasteiger partial charge on any atom is -0.491 e. The van der Waals surface area contributed by atoms with E-state index in [0.717, 1.165) is 0 Å². The Labute approximate surface area is 141 Å². The van der Waals surface area contributed by atoms with Gasteiger partial charge in [-0.3, -0.25) is 0 Å². The smallest absolute Gasteiger partial charge is 0.339 e. The van der Waals surface area contributed by atoms with Crippen molar-refractivity contribution in [3.05, 3.63) is 53.6 Å². The monoisotopic (exact) mass is 347 g/mol. The van der Waals surface area contributed by atoms with Gasteiger partial charge >= 0.3 is 10.1 Å². The van der Waals surface area contributed by atoms with Gasteiger partial charge in [0.15, 0.2) is 0 Å². The third kappa shape index (κ3) is 4.47. The zero-order chi connectivity index (χ0) is 17.6. The molecule has 2 rings (SSSR count). The van der Waals surface area contributed by atoms with Gasteiger partial charge in [-0.1, -0.05) is 0 Å². The van der Waals surface area contributed by atoms with E-state index in [1.54, 1.807) is 20.1 Å². The summed E-state index contributed by atoms with van der Waals surface area (Å²) in [5.74, 6) is 0.733. The van der Waals surface area contributed by atoms with Gasteiger partial charge in [-0.2, -0.15) is 13.7 Å². The van der Waals surface area contributed by atoms with Crippen LogP contribution in [0.25, 0.3) is 0 Å². The van der Waals surface area contributed by atoms with Crippen molar-refractivity contribution in [1.82, 2.24) is 0 Å². The summed E-state index contributed by atoms with van der Waals surface area (Å²) in [7, 11) is -2.38. The van der Waals surface area contributed by atoms with Crippen molar-refractivity contribution in [1.29, 1.82) is 5.26 Å². The van der Waals surface area contributed by atoms with Crippen molar-refractivity contribution in [2.75, 3.05) is 20.3 Å². The molecule has 0 atom stereocenters. The molecule has 0 aliphatic carbocycles. The first-order chi connectivity index (χ1) is 11.5. The van der Waals surface area contributed by atoms with Crippen LogP contribution < -0.4 is 8.92 Å². The Morgan fingerprint density at radius 2 is 1.79 bits per heavy atom. The van der Waals surface area contributed by atoms with Crippen molar-refractivity contribution in [2.24, 2.45) is 0 Å². The van der Waals surface area contributed by atoms with Crippen LogP contribution in [0.2, 0.25) is 0 Å². The number of hydrogen-bond acceptors (Lipinski definition) is 6. The van der Waals surface area contributed by atoms with Crippen LogP contribution in [0, 0.1) is 18.3 Å². The molecule has 0 aromatic heterocycles. The fourth-order valence-corrected chi connectivity index (χ4v) is 2.95. The highest BCUT2D eigenvalue weighted by atomic mass is 32.2. The number of aryl methyl sites for hydroxylation is 1. The molecule has 0 unspecified atom stereocenters. The quantitative estimate of drug-likeness (QED) is 0.565. The molecule has 0 aliphatic heterocycles. The zero-order valence-corrected chi connectivity index (χ0v) is 14.2. The summed E-state index contributed by atoms with van der Waals surface area (Å²) >= 11 is 0. The van der Waals surface area contributed by atoms with E-state index in [4.69, 9.17) is 18.9 Å². The topological polar surface area (TPSA) is 85.6 Å². The molecule has 0 bridgehead atoms. The van der Waals surface area contributed by atoms with E-state index in [-0.39, 0.29) is 10.6 Å². The third-order valence-corrected chi connectivity index (χ3v) is 4.41. The Morgan fingerprint density at radius 1 is 1.08 bits per heavy atom. The third-order valence-electron chi connectivity index (χ3n) is 3.17. The van der Waals surface area contributed by atoms with E-state index in [0.29, 0.717) is 30.1 Å². The van der Waals surface area contributed by atoms with Gasteiger partial charge in [0, 0.05) is 7.11 Å². The standard InChI is InChI=1S/C17H17NO5S/c1-13-11-16(7-8-17(13)22-10-9-21-2)24(19,20)23-15-5-3-14(12-18)4-6-15/h3-8,11H,9-10H2,1-2H3. The second-order valence-corrected chi connectivity index (χ2v) is 6.49. The summed E-state index contributed by atoms with van der Waals surface area (Å²) in [5, 5.41) is 8.74. The van der Waals surface area contributed by atoms with E-state index in [9.17, 15) is 8.42 Å². The Hall–Kier alpha value is -2.56. The molecule has 126 valence electrons. The minimum absolute atomic E-state index is 0.0310. The Morgan fingerprint density at radius 3 is 2.38 bits per heavy atom. The summed E-state index contributed by atoms with van der Waals surface area (Å²) in [6.45, 7) is 2.58. The number of hydrogen-bond donors (Lipinski definition) is 0. The molecule has 0 heterocycles. The molecule has 0 saturated carbocycles. The highest BCUT2D eigenvalue weighted by molar-refractivity contribution is 7.87. The van der Waals surface area contributed by atoms with Gasteiger partial charge in [0.25, 0.3) is 0 Å². The Bertz CT molecular complexity index is 838. The summed E-state index contributed by atoms with van der Waals surface area (Å²) in [6, 6.07) is 12.3. The van der Waals surface area contributed by atoms with Gasteiger partial charge in [0.05, 0.1) is 18.2 Å². The molecule has 2 aromatic rings. The number of rotatable bonds is 7. The lowest BCUT2D eigenvalue weighted by Gasteiger charge is -2.11. The first-order valence-corrected chi connectivity index (χ1v) is 8.54. The van der Waals surface area contributed by atoms with E-state index >= 15 is 0 Å². The Kier molecular flexibility index (Phi) is 5.79. The van der Waals surface area contributed by atoms with E-state index in [2.05, 4.69) is 0 Å². The van der Waals surface area contributed by atoms with Gasteiger partial charge in [0.1, 0.15) is 23.0 Å². The van der Waals surface area contributed by atoms with Crippen LogP contribution in [-0.4, -0.2) is 28.7 Å². The largest absolute Gasteiger partial charge is 0.491 e. The number of methoxy groups -OCH3 is 1. The lowest BCUT2D eigenvalue weighted by Crippen LogP contribution is -2.11. The molecule has 7 heteroatoms. The van der Waals surface area contributed by atoms with Crippen molar-refractivity contribution in [2.45, 2.75) is 11.8 Å². The van der Waals surface area contributed by atoms with E-state index in [1.807, 2.05) is 6.07 Å². The zero-order valence-electron chi connectivity index (χ0n) is 13.4. The maximum atomic E-state index is 12.3. The second kappa shape index (κ2) is 7.81. The van der Waals surface area contributed by atoms with Crippen molar-refractivity contribution >= 4 is 10.1 Å². The maximum absolute atomic E-state index is 12.3. The predicted molar refractivity (Wildman–Crippen MR) is 87.5 cm³/mol. The number of ether oxygens (including phenoxy) is 2. The van der Waals surface area contributed by atoms with Crippen LogP contribution in [-0.2, 0) is 14.9 Å². The van der Waals surface area contributed by atoms with Crippen LogP contribution in [0.1, 0.15) is 11.1 Å². The van der Waals surface area contributed by atoms with Crippen molar-refractivity contribution in [3.63, 3.8) is 0 Å². The SMILES string of the molecule is COCCOc1ccc(S(=O)(=O)Oc2ccc(C#N)cc2)cc1C. The number of nitrogens with zero attached hydrogens (tertiary/aromatic N) is 1. The molecule has 0 fully saturated rings. The van der Waals surface area contributed by atoms with E-state index in [1.165, 1.54) is 36.4 Å². The van der Waals surface area contributed by atoms with Gasteiger partial charge in [0.2, 0.25) is 0 Å². The van der Waals surface area contributed by atoms with Gasteiger partial charge in [-0.15, -0.1) is 0 Å². The summed E-state index contributed by atoms with van der Waals surface area (Å²) in [5.41, 5.74) is 1.10. The second-order valence-electron chi connectivity index (χ2n) is 4.94. The minimum atomic E-state index is -3.96. The molecule has 0 spiro atoms. The van der Waals surface area contributed by atoms with Crippen LogP contribution >= 0.6 is 0 Å². The Balaban J connectivity index is 2.16. The number of benzene rings is 2.